The summed E-state index contributed by atoms with van der Waals surface area (Å²) in [5, 5.41) is 1.18. The molecule has 0 saturated carbocycles. The highest BCUT2D eigenvalue weighted by Gasteiger charge is 2.20. The van der Waals surface area contributed by atoms with Gasteiger partial charge in [-0.25, -0.2) is 9.97 Å². The van der Waals surface area contributed by atoms with Gasteiger partial charge in [0.15, 0.2) is 0 Å². The minimum Gasteiger partial charge on any atom is -0.383 e. The Morgan fingerprint density at radius 1 is 1.26 bits per heavy atom. The van der Waals surface area contributed by atoms with Crippen LogP contribution in [0.1, 0.15) is 16.2 Å². The van der Waals surface area contributed by atoms with Crippen molar-refractivity contribution in [2.24, 2.45) is 0 Å². The minimum atomic E-state index is -0.221. The van der Waals surface area contributed by atoms with Gasteiger partial charge in [0.2, 0.25) is 0 Å². The largest absolute Gasteiger partial charge is 0.383 e. The average Bonchev–Trinajstić information content (AvgIpc) is 2.70. The number of aromatic amines is 1. The Bertz CT molecular complexity index is 1010. The second-order valence-corrected chi connectivity index (χ2v) is 6.60. The van der Waals surface area contributed by atoms with Crippen molar-refractivity contribution in [3.05, 3.63) is 64.3 Å². The number of H-pyrrole nitrogens is 1. The van der Waals surface area contributed by atoms with Gasteiger partial charge in [0.05, 0.1) is 29.6 Å². The molecule has 0 fully saturated rings. The first-order chi connectivity index (χ1) is 13.1. The van der Waals surface area contributed by atoms with Crippen LogP contribution in [-0.2, 0) is 11.3 Å². The summed E-state index contributed by atoms with van der Waals surface area (Å²) in [6.45, 7) is 0.915. The van der Waals surface area contributed by atoms with Crippen molar-refractivity contribution in [3.8, 4) is 0 Å². The number of nitrogens with zero attached hydrogens (tertiary/aromatic N) is 3. The molecule has 0 aliphatic heterocycles. The van der Waals surface area contributed by atoms with E-state index in [1.165, 1.54) is 11.8 Å². The van der Waals surface area contributed by atoms with Crippen molar-refractivity contribution in [3.63, 3.8) is 0 Å². The van der Waals surface area contributed by atoms with E-state index in [-0.39, 0.29) is 18.0 Å². The number of rotatable bonds is 7. The third-order valence-electron chi connectivity index (χ3n) is 4.05. The third kappa shape index (κ3) is 4.35. The molecule has 2 heterocycles. The van der Waals surface area contributed by atoms with Gasteiger partial charge in [0.25, 0.3) is 11.5 Å². The van der Waals surface area contributed by atoms with E-state index in [0.29, 0.717) is 40.5 Å². The maximum atomic E-state index is 13.1. The Kier molecular flexibility index (Phi) is 6.20. The van der Waals surface area contributed by atoms with Gasteiger partial charge in [-0.05, 0) is 30.5 Å². The van der Waals surface area contributed by atoms with Crippen LogP contribution in [0.4, 0.5) is 0 Å². The molecule has 1 aromatic carbocycles. The van der Waals surface area contributed by atoms with E-state index >= 15 is 0 Å². The number of nitrogens with one attached hydrogen (secondary N) is 1. The number of pyridine rings is 1. The molecule has 3 aromatic rings. The quantitative estimate of drug-likeness (QED) is 0.629. The van der Waals surface area contributed by atoms with E-state index in [2.05, 4.69) is 15.0 Å². The summed E-state index contributed by atoms with van der Waals surface area (Å²) in [5.74, 6) is 0.248. The first-order valence-corrected chi connectivity index (χ1v) is 9.61. The lowest BCUT2D eigenvalue weighted by Crippen LogP contribution is -2.35. The fourth-order valence-electron chi connectivity index (χ4n) is 2.73. The van der Waals surface area contributed by atoms with Crippen LogP contribution in [0, 0.1) is 0 Å². The zero-order valence-electron chi connectivity index (χ0n) is 15.1. The van der Waals surface area contributed by atoms with Gasteiger partial charge in [0, 0.05) is 19.9 Å². The average molecular weight is 384 g/mol. The highest BCUT2D eigenvalue weighted by atomic mass is 32.2. The molecule has 2 aromatic heterocycles. The molecule has 0 radical (unpaired) electrons. The Hall–Kier alpha value is -2.71. The lowest BCUT2D eigenvalue weighted by Gasteiger charge is -2.22. The molecular formula is C19H20N4O3S. The highest BCUT2D eigenvalue weighted by Crippen LogP contribution is 2.19. The lowest BCUT2D eigenvalue weighted by atomic mass is 10.2. The Balaban J connectivity index is 1.93. The van der Waals surface area contributed by atoms with Gasteiger partial charge in [-0.2, -0.15) is 0 Å². The molecule has 8 heteroatoms. The maximum absolute atomic E-state index is 13.1. The SMILES string of the molecule is COCCN(Cc1nc2ccccc2c(=O)[nH]1)C(=O)c1cccnc1SC. The molecule has 3 rings (SSSR count). The van der Waals surface area contributed by atoms with E-state index in [4.69, 9.17) is 4.74 Å². The van der Waals surface area contributed by atoms with Crippen LogP contribution >= 0.6 is 11.8 Å². The number of hydrogen-bond donors (Lipinski definition) is 1. The molecule has 0 aliphatic carbocycles. The number of hydrogen-bond acceptors (Lipinski definition) is 6. The minimum absolute atomic E-state index is 0.172. The van der Waals surface area contributed by atoms with E-state index in [1.54, 1.807) is 48.5 Å². The van der Waals surface area contributed by atoms with Gasteiger partial charge < -0.3 is 14.6 Å². The van der Waals surface area contributed by atoms with Crippen molar-refractivity contribution < 1.29 is 9.53 Å². The summed E-state index contributed by atoms with van der Waals surface area (Å²) in [6, 6.07) is 10.6. The van der Waals surface area contributed by atoms with Crippen LogP contribution in [0.2, 0.25) is 0 Å². The molecule has 0 spiro atoms. The Morgan fingerprint density at radius 2 is 2.07 bits per heavy atom. The number of aromatic nitrogens is 3. The van der Waals surface area contributed by atoms with Crippen LogP contribution < -0.4 is 5.56 Å². The van der Waals surface area contributed by atoms with E-state index in [9.17, 15) is 9.59 Å². The summed E-state index contributed by atoms with van der Waals surface area (Å²) in [5.41, 5.74) is 0.895. The normalized spacial score (nSPS) is 10.9. The van der Waals surface area contributed by atoms with Crippen LogP contribution in [0.5, 0.6) is 0 Å². The molecular weight excluding hydrogens is 364 g/mol. The second-order valence-electron chi connectivity index (χ2n) is 5.81. The Morgan fingerprint density at radius 3 is 2.85 bits per heavy atom. The molecule has 1 amide bonds. The van der Waals surface area contributed by atoms with Gasteiger partial charge in [-0.1, -0.05) is 12.1 Å². The molecule has 7 nitrogen and oxygen atoms in total. The fourth-order valence-corrected chi connectivity index (χ4v) is 3.27. The van der Waals surface area contributed by atoms with Gasteiger partial charge in [0.1, 0.15) is 10.9 Å². The number of amides is 1. The van der Waals surface area contributed by atoms with Crippen molar-refractivity contribution >= 4 is 28.6 Å². The Labute approximate surface area is 160 Å². The standard InChI is InChI=1S/C19H20N4O3S/c1-26-11-10-23(19(25)14-7-5-9-20-18(14)27-2)12-16-21-15-8-4-3-6-13(15)17(24)22-16/h3-9H,10-12H2,1-2H3,(H,21,22,24). The number of para-hydroxylation sites is 1. The number of methoxy groups -OCH3 is 1. The highest BCUT2D eigenvalue weighted by molar-refractivity contribution is 7.98. The third-order valence-corrected chi connectivity index (χ3v) is 4.76. The predicted molar refractivity (Wildman–Crippen MR) is 105 cm³/mol. The topological polar surface area (TPSA) is 88.2 Å². The summed E-state index contributed by atoms with van der Waals surface area (Å²) < 4.78 is 5.14. The molecule has 0 saturated heterocycles. The second kappa shape index (κ2) is 8.79. The molecule has 27 heavy (non-hydrogen) atoms. The van der Waals surface area contributed by atoms with Gasteiger partial charge in [-0.3, -0.25) is 9.59 Å². The van der Waals surface area contributed by atoms with E-state index in [0.717, 1.165) is 0 Å². The van der Waals surface area contributed by atoms with Gasteiger partial charge in [-0.15, -0.1) is 11.8 Å². The van der Waals surface area contributed by atoms with E-state index in [1.807, 2.05) is 12.3 Å². The number of ether oxygens (including phenoxy) is 1. The first-order valence-electron chi connectivity index (χ1n) is 8.39. The monoisotopic (exact) mass is 384 g/mol. The van der Waals surface area contributed by atoms with Crippen LogP contribution in [0.25, 0.3) is 10.9 Å². The van der Waals surface area contributed by atoms with Crippen molar-refractivity contribution in [1.82, 2.24) is 19.9 Å². The zero-order valence-corrected chi connectivity index (χ0v) is 16.0. The van der Waals surface area contributed by atoms with Crippen molar-refractivity contribution in [1.29, 1.82) is 0 Å². The fraction of sp³-hybridized carbons (Fsp3) is 0.263. The van der Waals surface area contributed by atoms with Crippen LogP contribution in [-0.4, -0.2) is 52.3 Å². The van der Waals surface area contributed by atoms with Crippen molar-refractivity contribution in [2.45, 2.75) is 11.6 Å². The molecule has 1 N–H and O–H groups in total. The summed E-state index contributed by atoms with van der Waals surface area (Å²) in [4.78, 5) is 38.5. The molecule has 0 unspecified atom stereocenters. The van der Waals surface area contributed by atoms with Crippen LogP contribution in [0.15, 0.2) is 52.4 Å². The number of carbonyl (C=O) groups excluding carboxylic acids is 1. The smallest absolute Gasteiger partial charge is 0.258 e. The number of benzene rings is 1. The zero-order chi connectivity index (χ0) is 19.2. The van der Waals surface area contributed by atoms with Crippen LogP contribution in [0.3, 0.4) is 0 Å². The number of fused-ring (bicyclic) bond motifs is 1. The number of carbonyl (C=O) groups is 1. The van der Waals surface area contributed by atoms with E-state index < -0.39 is 0 Å². The molecule has 0 atom stereocenters. The van der Waals surface area contributed by atoms with Crippen molar-refractivity contribution in [2.75, 3.05) is 26.5 Å². The summed E-state index contributed by atoms with van der Waals surface area (Å²) >= 11 is 1.41. The predicted octanol–water partition coefficient (Wildman–Crippen LogP) is 2.33. The molecule has 0 aliphatic rings. The maximum Gasteiger partial charge on any atom is 0.258 e. The lowest BCUT2D eigenvalue weighted by molar-refractivity contribution is 0.0671. The number of thioether (sulfide) groups is 1. The van der Waals surface area contributed by atoms with Gasteiger partial charge >= 0.3 is 0 Å². The first kappa shape index (κ1) is 19.1. The molecule has 140 valence electrons. The molecule has 0 bridgehead atoms. The summed E-state index contributed by atoms with van der Waals surface area (Å²) in [6.07, 6.45) is 3.53. The summed E-state index contributed by atoms with van der Waals surface area (Å²) in [7, 11) is 1.58.